The Hall–Kier alpha value is -1.39. The average Bonchev–Trinajstić information content (AvgIpc) is 2.91. The van der Waals surface area contributed by atoms with Crippen molar-refractivity contribution in [3.8, 4) is 0 Å². The van der Waals surface area contributed by atoms with Gasteiger partial charge in [-0.3, -0.25) is 4.79 Å². The minimum atomic E-state index is 0.0882. The molecule has 1 aromatic rings. The quantitative estimate of drug-likeness (QED) is 0.906. The molecule has 0 radical (unpaired) electrons. The molecule has 0 spiro atoms. The number of carbonyl (C=O) groups is 1. The third-order valence-corrected chi connectivity index (χ3v) is 4.62. The lowest BCUT2D eigenvalue weighted by Crippen LogP contribution is -2.43. The predicted molar refractivity (Wildman–Crippen MR) is 80.8 cm³/mol. The van der Waals surface area contributed by atoms with Gasteiger partial charge in [-0.25, -0.2) is 0 Å². The lowest BCUT2D eigenvalue weighted by atomic mass is 9.78. The van der Waals surface area contributed by atoms with Crippen LogP contribution in [0, 0.1) is 11.8 Å². The Kier molecular flexibility index (Phi) is 5.37. The maximum atomic E-state index is 12.1. The van der Waals surface area contributed by atoms with E-state index in [0.717, 1.165) is 6.42 Å². The molecule has 0 unspecified atom stereocenters. The number of rotatable bonds is 5. The highest BCUT2D eigenvalue weighted by Crippen LogP contribution is 2.29. The molecule has 1 N–H and O–H groups in total. The monoisotopic (exact) mass is 293 g/mol. The lowest BCUT2D eigenvalue weighted by Gasteiger charge is -2.34. The Morgan fingerprint density at radius 2 is 2.14 bits per heavy atom. The second-order valence-electron chi connectivity index (χ2n) is 6.64. The van der Waals surface area contributed by atoms with E-state index in [2.05, 4.69) is 29.3 Å². The summed E-state index contributed by atoms with van der Waals surface area (Å²) in [5, 5.41) is 7.08. The van der Waals surface area contributed by atoms with Crippen LogP contribution in [-0.4, -0.2) is 22.1 Å². The highest BCUT2D eigenvalue weighted by atomic mass is 16.5. The first-order chi connectivity index (χ1) is 9.97. The van der Waals surface area contributed by atoms with Gasteiger partial charge in [0, 0.05) is 24.8 Å². The summed E-state index contributed by atoms with van der Waals surface area (Å²) in [6.45, 7) is 8.55. The smallest absolute Gasteiger partial charge is 0.227 e. The molecule has 2 rings (SSSR count). The molecule has 0 aromatic carbocycles. The van der Waals surface area contributed by atoms with Crippen LogP contribution in [0.4, 0.5) is 0 Å². The average molecular weight is 293 g/mol. The molecule has 1 fully saturated rings. The van der Waals surface area contributed by atoms with Gasteiger partial charge in [-0.2, -0.15) is 4.98 Å². The number of nitrogens with one attached hydrogen (secondary N) is 1. The summed E-state index contributed by atoms with van der Waals surface area (Å²) in [5.41, 5.74) is 0. The standard InChI is InChI=1S/C16H27N3O2/c1-10(2)16-18-15(21-19-16)9-8-14(20)17-13-7-5-6-11(3)12(13)4/h10-13H,5-9H2,1-4H3,(H,17,20)/t11-,12-,13+/m0/s1. The van der Waals surface area contributed by atoms with Crippen LogP contribution in [0.5, 0.6) is 0 Å². The molecule has 1 aliphatic carbocycles. The first-order valence-corrected chi connectivity index (χ1v) is 8.09. The Bertz CT molecular complexity index is 470. The van der Waals surface area contributed by atoms with Crippen LogP contribution in [0.1, 0.15) is 71.0 Å². The number of aryl methyl sites for hydroxylation is 1. The molecular weight excluding hydrogens is 266 g/mol. The zero-order chi connectivity index (χ0) is 15.4. The normalized spacial score (nSPS) is 26.0. The number of aromatic nitrogens is 2. The van der Waals surface area contributed by atoms with Crippen molar-refractivity contribution in [3.05, 3.63) is 11.7 Å². The molecule has 1 aromatic heterocycles. The van der Waals surface area contributed by atoms with Crippen molar-refractivity contribution >= 4 is 5.91 Å². The molecule has 1 saturated carbocycles. The Morgan fingerprint density at radius 3 is 2.81 bits per heavy atom. The SMILES string of the molecule is CC(C)c1noc(CCC(=O)N[C@@H]2CCC[C@H](C)[C@@H]2C)n1. The molecule has 5 nitrogen and oxygen atoms in total. The Labute approximate surface area is 126 Å². The minimum Gasteiger partial charge on any atom is -0.353 e. The summed E-state index contributed by atoms with van der Waals surface area (Å²) in [4.78, 5) is 16.4. The zero-order valence-corrected chi connectivity index (χ0v) is 13.6. The molecule has 1 aliphatic rings. The predicted octanol–water partition coefficient (Wildman–Crippen LogP) is 3.07. The van der Waals surface area contributed by atoms with Crippen molar-refractivity contribution < 1.29 is 9.32 Å². The van der Waals surface area contributed by atoms with Crippen LogP contribution in [0.25, 0.3) is 0 Å². The molecule has 118 valence electrons. The van der Waals surface area contributed by atoms with Crippen LogP contribution >= 0.6 is 0 Å². The summed E-state index contributed by atoms with van der Waals surface area (Å²) >= 11 is 0. The Balaban J connectivity index is 1.79. The van der Waals surface area contributed by atoms with Gasteiger partial charge in [0.1, 0.15) is 0 Å². The molecule has 21 heavy (non-hydrogen) atoms. The van der Waals surface area contributed by atoms with Gasteiger partial charge in [-0.15, -0.1) is 0 Å². The van der Waals surface area contributed by atoms with Crippen molar-refractivity contribution in [1.29, 1.82) is 0 Å². The van der Waals surface area contributed by atoms with Crippen LogP contribution in [-0.2, 0) is 11.2 Å². The highest BCUT2D eigenvalue weighted by molar-refractivity contribution is 5.76. The van der Waals surface area contributed by atoms with Crippen LogP contribution in [0.3, 0.4) is 0 Å². The van der Waals surface area contributed by atoms with E-state index in [1.165, 1.54) is 12.8 Å². The number of amides is 1. The minimum absolute atomic E-state index is 0.0882. The first kappa shape index (κ1) is 16.0. The van der Waals surface area contributed by atoms with Crippen molar-refractivity contribution in [3.63, 3.8) is 0 Å². The molecule has 0 bridgehead atoms. The molecule has 3 atom stereocenters. The number of carbonyl (C=O) groups excluding carboxylic acids is 1. The summed E-state index contributed by atoms with van der Waals surface area (Å²) in [7, 11) is 0. The van der Waals surface area contributed by atoms with E-state index in [-0.39, 0.29) is 11.8 Å². The fraction of sp³-hybridized carbons (Fsp3) is 0.812. The van der Waals surface area contributed by atoms with Gasteiger partial charge in [0.25, 0.3) is 0 Å². The van der Waals surface area contributed by atoms with E-state index in [1.54, 1.807) is 0 Å². The van der Waals surface area contributed by atoms with E-state index in [0.29, 0.717) is 42.4 Å². The number of nitrogens with zero attached hydrogens (tertiary/aromatic N) is 2. The van der Waals surface area contributed by atoms with Crippen molar-refractivity contribution in [2.45, 2.75) is 71.8 Å². The fourth-order valence-electron chi connectivity index (χ4n) is 2.89. The molecule has 5 heteroatoms. The van der Waals surface area contributed by atoms with Gasteiger partial charge in [0.05, 0.1) is 0 Å². The third-order valence-electron chi connectivity index (χ3n) is 4.62. The molecular formula is C16H27N3O2. The summed E-state index contributed by atoms with van der Waals surface area (Å²) < 4.78 is 5.16. The van der Waals surface area contributed by atoms with Crippen LogP contribution in [0.15, 0.2) is 4.52 Å². The lowest BCUT2D eigenvalue weighted by molar-refractivity contribution is -0.122. The molecule has 0 aliphatic heterocycles. The van der Waals surface area contributed by atoms with Gasteiger partial charge in [0.15, 0.2) is 5.82 Å². The number of hydrogen-bond donors (Lipinski definition) is 1. The van der Waals surface area contributed by atoms with E-state index < -0.39 is 0 Å². The summed E-state index contributed by atoms with van der Waals surface area (Å²) in [6.07, 6.45) is 4.50. The highest BCUT2D eigenvalue weighted by Gasteiger charge is 2.28. The molecule has 1 amide bonds. The second kappa shape index (κ2) is 7.05. The van der Waals surface area contributed by atoms with Gasteiger partial charge in [-0.1, -0.05) is 45.7 Å². The number of hydrogen-bond acceptors (Lipinski definition) is 4. The second-order valence-corrected chi connectivity index (χ2v) is 6.64. The summed E-state index contributed by atoms with van der Waals surface area (Å²) in [6, 6.07) is 0.315. The van der Waals surface area contributed by atoms with Gasteiger partial charge >= 0.3 is 0 Å². The fourth-order valence-corrected chi connectivity index (χ4v) is 2.89. The largest absolute Gasteiger partial charge is 0.353 e. The van der Waals surface area contributed by atoms with E-state index in [9.17, 15) is 4.79 Å². The van der Waals surface area contributed by atoms with Crippen LogP contribution in [0.2, 0.25) is 0 Å². The van der Waals surface area contributed by atoms with Gasteiger partial charge < -0.3 is 9.84 Å². The molecule has 1 heterocycles. The molecule has 0 saturated heterocycles. The van der Waals surface area contributed by atoms with E-state index in [4.69, 9.17) is 4.52 Å². The van der Waals surface area contributed by atoms with Gasteiger partial charge in [-0.05, 0) is 18.3 Å². The maximum Gasteiger partial charge on any atom is 0.227 e. The zero-order valence-electron chi connectivity index (χ0n) is 13.6. The topological polar surface area (TPSA) is 68.0 Å². The van der Waals surface area contributed by atoms with E-state index in [1.807, 2.05) is 13.8 Å². The Morgan fingerprint density at radius 1 is 1.38 bits per heavy atom. The third kappa shape index (κ3) is 4.29. The van der Waals surface area contributed by atoms with Crippen molar-refractivity contribution in [2.75, 3.05) is 0 Å². The summed E-state index contributed by atoms with van der Waals surface area (Å²) in [5.74, 6) is 2.84. The maximum absolute atomic E-state index is 12.1. The van der Waals surface area contributed by atoms with Gasteiger partial charge in [0.2, 0.25) is 11.8 Å². The first-order valence-electron chi connectivity index (χ1n) is 8.09. The van der Waals surface area contributed by atoms with Crippen molar-refractivity contribution in [1.82, 2.24) is 15.5 Å². The van der Waals surface area contributed by atoms with Crippen LogP contribution < -0.4 is 5.32 Å². The van der Waals surface area contributed by atoms with E-state index >= 15 is 0 Å². The van der Waals surface area contributed by atoms with Crippen molar-refractivity contribution in [2.24, 2.45) is 11.8 Å².